The van der Waals surface area contributed by atoms with Gasteiger partial charge in [0.15, 0.2) is 0 Å². The lowest BCUT2D eigenvalue weighted by Crippen LogP contribution is -2.27. The van der Waals surface area contributed by atoms with Crippen LogP contribution in [0, 0.1) is 0 Å². The van der Waals surface area contributed by atoms with E-state index in [4.69, 9.17) is 30.8 Å². The summed E-state index contributed by atoms with van der Waals surface area (Å²) in [6, 6.07) is 13.7. The highest BCUT2D eigenvalue weighted by Gasteiger charge is 2.23. The van der Waals surface area contributed by atoms with Crippen molar-refractivity contribution in [1.29, 1.82) is 0 Å². The first-order chi connectivity index (χ1) is 23.5. The summed E-state index contributed by atoms with van der Waals surface area (Å²) in [6.45, 7) is 8.50. The molecule has 3 N–H and O–H groups in total. The number of nitrogens with zero attached hydrogens (tertiary/aromatic N) is 2. The van der Waals surface area contributed by atoms with E-state index in [0.717, 1.165) is 17.4 Å². The number of carbonyl (C=O) groups excluding carboxylic acids is 3. The van der Waals surface area contributed by atoms with E-state index >= 15 is 0 Å². The van der Waals surface area contributed by atoms with Gasteiger partial charge in [0.25, 0.3) is 0 Å². The van der Waals surface area contributed by atoms with Gasteiger partial charge in [-0.3, -0.25) is 14.9 Å². The van der Waals surface area contributed by atoms with E-state index in [1.807, 2.05) is 47.2 Å². The van der Waals surface area contributed by atoms with Crippen molar-refractivity contribution in [3.63, 3.8) is 0 Å². The Morgan fingerprint density at radius 3 is 2.67 bits per heavy atom. The first kappa shape index (κ1) is 37.8. The van der Waals surface area contributed by atoms with Gasteiger partial charge in [-0.2, -0.15) is 0 Å². The van der Waals surface area contributed by atoms with Gasteiger partial charge >= 0.3 is 12.1 Å². The van der Waals surface area contributed by atoms with Gasteiger partial charge in [-0.1, -0.05) is 55.5 Å². The molecular weight excluding hydrogens is 662 g/mol. The lowest BCUT2D eigenvalue weighted by atomic mass is 9.92. The molecule has 2 atom stereocenters. The Morgan fingerprint density at radius 2 is 1.94 bits per heavy atom. The van der Waals surface area contributed by atoms with Crippen LogP contribution in [-0.2, 0) is 30.5 Å². The third-order valence-corrected chi connectivity index (χ3v) is 10.2. The van der Waals surface area contributed by atoms with Crippen LogP contribution in [-0.4, -0.2) is 63.0 Å². The monoisotopic (exact) mass is 709 g/mol. The van der Waals surface area contributed by atoms with Crippen molar-refractivity contribution >= 4 is 49.0 Å². The molecule has 0 saturated heterocycles. The minimum atomic E-state index is -1.30. The lowest BCUT2D eigenvalue weighted by molar-refractivity contribution is -0.141. The van der Waals surface area contributed by atoms with E-state index in [0.29, 0.717) is 73.2 Å². The fraction of sp³-hybridized carbons (Fsp3) is 0.444. The summed E-state index contributed by atoms with van der Waals surface area (Å²) in [5, 5.41) is 10.00. The van der Waals surface area contributed by atoms with Gasteiger partial charge in [-0.15, -0.1) is 0 Å². The van der Waals surface area contributed by atoms with Crippen molar-refractivity contribution in [2.24, 2.45) is 0 Å². The molecule has 1 aromatic heterocycles. The molecule has 0 fully saturated rings. The van der Waals surface area contributed by atoms with Crippen LogP contribution in [0.25, 0.3) is 11.3 Å². The Hall–Kier alpha value is -3.97. The SMILES string of the molecule is COC(=O)CC(CCN[C@H]1C/C=C\CCC(=O)Nc2cc(NC(=O)OC)ccc2-c2cn(COCC[Si](C)(C)C)c1n2)c1cccc(Cl)c1. The molecule has 1 unspecified atom stereocenters. The van der Waals surface area contributed by atoms with E-state index < -0.39 is 14.2 Å². The van der Waals surface area contributed by atoms with E-state index in [2.05, 4.69) is 41.7 Å². The third kappa shape index (κ3) is 11.8. The number of nitrogens with one attached hydrogen (secondary N) is 3. The molecule has 2 heterocycles. The van der Waals surface area contributed by atoms with Crippen molar-refractivity contribution < 1.29 is 28.6 Å². The molecule has 1 aliphatic rings. The zero-order valence-electron chi connectivity index (χ0n) is 29.0. The number of carbonyl (C=O) groups is 3. The molecule has 0 radical (unpaired) electrons. The molecule has 0 aliphatic carbocycles. The third-order valence-electron chi connectivity index (χ3n) is 8.27. The minimum absolute atomic E-state index is 0.0964. The van der Waals surface area contributed by atoms with Gasteiger partial charge in [0.1, 0.15) is 12.6 Å². The number of hydrogen-bond donors (Lipinski definition) is 3. The second-order valence-corrected chi connectivity index (χ2v) is 19.4. The molecule has 2 aromatic carbocycles. The van der Waals surface area contributed by atoms with Crippen LogP contribution >= 0.6 is 11.6 Å². The number of esters is 1. The molecule has 0 spiro atoms. The molecule has 3 aromatic rings. The van der Waals surface area contributed by atoms with Crippen LogP contribution in [0.4, 0.5) is 16.2 Å². The summed E-state index contributed by atoms with van der Waals surface area (Å²) in [5.74, 6) is 0.258. The normalized spacial score (nSPS) is 16.2. The second-order valence-electron chi connectivity index (χ2n) is 13.3. The van der Waals surface area contributed by atoms with Gasteiger partial charge in [-0.25, -0.2) is 9.78 Å². The largest absolute Gasteiger partial charge is 0.469 e. The standard InChI is InChI=1S/C36H48ClN5O6Si/c1-46-34(44)21-26(25-10-9-11-27(37)20-25)16-17-38-30-12-7-6-8-13-33(43)40-31-22-28(39-36(45)47-2)14-15-29(31)32-23-42(35(30)41-32)24-48-18-19-49(3,4)5/h6-7,9-11,14-15,20,22-23,26,30,38H,8,12-13,16-19,21,24H2,1-5H3,(H,39,45)(H,40,43)/b7-6-/t26?,30-/m0/s1. The molecule has 4 rings (SSSR count). The van der Waals surface area contributed by atoms with Gasteiger partial charge in [-0.05, 0) is 73.7 Å². The van der Waals surface area contributed by atoms with Crippen molar-refractivity contribution in [1.82, 2.24) is 14.9 Å². The first-order valence-corrected chi connectivity index (χ1v) is 20.7. The highest BCUT2D eigenvalue weighted by Crippen LogP contribution is 2.33. The van der Waals surface area contributed by atoms with E-state index in [-0.39, 0.29) is 30.3 Å². The highest BCUT2D eigenvalue weighted by atomic mass is 35.5. The summed E-state index contributed by atoms with van der Waals surface area (Å²) in [6.07, 6.45) is 7.78. The number of amides is 2. The van der Waals surface area contributed by atoms with E-state index in [1.165, 1.54) is 14.2 Å². The number of anilines is 2. The van der Waals surface area contributed by atoms with Crippen LogP contribution < -0.4 is 16.0 Å². The summed E-state index contributed by atoms with van der Waals surface area (Å²) >= 11 is 6.31. The smallest absolute Gasteiger partial charge is 0.411 e. The Balaban J connectivity index is 1.68. The molecule has 1 aliphatic heterocycles. The van der Waals surface area contributed by atoms with Crippen molar-refractivity contribution in [3.8, 4) is 11.3 Å². The van der Waals surface area contributed by atoms with E-state index in [9.17, 15) is 14.4 Å². The van der Waals surface area contributed by atoms with Gasteiger partial charge in [0, 0.05) is 43.6 Å². The van der Waals surface area contributed by atoms with Gasteiger partial charge < -0.3 is 29.4 Å². The predicted molar refractivity (Wildman–Crippen MR) is 196 cm³/mol. The molecule has 13 heteroatoms. The quantitative estimate of drug-likeness (QED) is 0.0711. The number of aromatic nitrogens is 2. The van der Waals surface area contributed by atoms with Crippen LogP contribution in [0.5, 0.6) is 0 Å². The number of rotatable bonds is 13. The van der Waals surface area contributed by atoms with Gasteiger partial charge in [0.2, 0.25) is 5.91 Å². The van der Waals surface area contributed by atoms with E-state index in [1.54, 1.807) is 12.1 Å². The predicted octanol–water partition coefficient (Wildman–Crippen LogP) is 7.74. The Kier molecular flexibility index (Phi) is 14.0. The second kappa shape index (κ2) is 18.1. The molecule has 2 amide bonds. The summed E-state index contributed by atoms with van der Waals surface area (Å²) < 4.78 is 18.0. The number of imidazole rings is 1. The molecule has 11 nitrogen and oxygen atoms in total. The van der Waals surface area contributed by atoms with Crippen molar-refractivity contribution in [2.45, 2.75) is 76.5 Å². The van der Waals surface area contributed by atoms with Crippen LogP contribution in [0.15, 0.2) is 60.8 Å². The minimum Gasteiger partial charge on any atom is -0.469 e. The average molecular weight is 710 g/mol. The zero-order chi connectivity index (χ0) is 35.4. The topological polar surface area (TPSA) is 133 Å². The number of methoxy groups -OCH3 is 2. The van der Waals surface area contributed by atoms with Gasteiger partial charge in [0.05, 0.1) is 38.1 Å². The summed E-state index contributed by atoms with van der Waals surface area (Å²) in [4.78, 5) is 42.4. The fourth-order valence-electron chi connectivity index (χ4n) is 5.52. The number of ether oxygens (including phenoxy) is 3. The maximum atomic E-state index is 13.0. The Labute approximate surface area is 294 Å². The van der Waals surface area contributed by atoms with Crippen molar-refractivity contribution in [3.05, 3.63) is 77.2 Å². The number of fused-ring (bicyclic) bond motifs is 4. The number of allylic oxidation sites excluding steroid dienone is 1. The maximum absolute atomic E-state index is 13.0. The summed E-state index contributed by atoms with van der Waals surface area (Å²) in [5.41, 5.74) is 3.33. The van der Waals surface area contributed by atoms with Crippen LogP contribution in [0.3, 0.4) is 0 Å². The maximum Gasteiger partial charge on any atom is 0.411 e. The Bertz CT molecular complexity index is 1620. The Morgan fingerprint density at radius 1 is 1.12 bits per heavy atom. The van der Waals surface area contributed by atoms with Crippen LogP contribution in [0.2, 0.25) is 30.7 Å². The zero-order valence-corrected chi connectivity index (χ0v) is 30.8. The first-order valence-electron chi connectivity index (χ1n) is 16.6. The van der Waals surface area contributed by atoms with Crippen molar-refractivity contribution in [2.75, 3.05) is 38.0 Å². The molecule has 49 heavy (non-hydrogen) atoms. The molecule has 0 saturated carbocycles. The lowest BCUT2D eigenvalue weighted by Gasteiger charge is -2.22. The highest BCUT2D eigenvalue weighted by molar-refractivity contribution is 6.76. The number of benzene rings is 2. The molecule has 2 bridgehead atoms. The number of hydrogen-bond acceptors (Lipinski definition) is 8. The fourth-order valence-corrected chi connectivity index (χ4v) is 6.48. The molecular formula is C36H48ClN5O6Si. The summed E-state index contributed by atoms with van der Waals surface area (Å²) in [7, 11) is 1.39. The number of halogens is 1. The molecule has 264 valence electrons. The van der Waals surface area contributed by atoms with Crippen LogP contribution in [0.1, 0.15) is 55.5 Å². The average Bonchev–Trinajstić information content (AvgIpc) is 3.48.